The fourth-order valence-electron chi connectivity index (χ4n) is 3.36. The number of carbonyl (C=O) groups is 2. The number of anilines is 2. The molecule has 0 saturated heterocycles. The number of carbonyl (C=O) groups excluding carboxylic acids is 2. The minimum Gasteiger partial charge on any atom is -0.493 e. The van der Waals surface area contributed by atoms with Crippen LogP contribution in [-0.2, 0) is 0 Å². The third-order valence-electron chi connectivity index (χ3n) is 5.13. The highest BCUT2D eigenvalue weighted by atomic mass is 79.9. The SMILES string of the molecule is CCCCCCOc1ccc(Br)cc1C(=O)NC(=S)Nc1cccc(C(=O)Nc2cccc(Cl)c2)c1. The number of nitrogens with one attached hydrogen (secondary N) is 3. The first kappa shape index (κ1) is 27.6. The lowest BCUT2D eigenvalue weighted by Gasteiger charge is -2.14. The van der Waals surface area contributed by atoms with Gasteiger partial charge in [-0.25, -0.2) is 0 Å². The van der Waals surface area contributed by atoms with Crippen molar-refractivity contribution in [2.24, 2.45) is 0 Å². The van der Waals surface area contributed by atoms with Crippen molar-refractivity contribution in [3.05, 3.63) is 87.4 Å². The van der Waals surface area contributed by atoms with Crippen LogP contribution in [0.15, 0.2) is 71.2 Å². The molecule has 0 aliphatic carbocycles. The van der Waals surface area contributed by atoms with E-state index >= 15 is 0 Å². The number of amides is 2. The van der Waals surface area contributed by atoms with E-state index in [1.807, 2.05) is 6.07 Å². The predicted molar refractivity (Wildman–Crippen MR) is 153 cm³/mol. The van der Waals surface area contributed by atoms with Crippen LogP contribution >= 0.6 is 39.7 Å². The van der Waals surface area contributed by atoms with E-state index in [0.717, 1.165) is 30.2 Å². The van der Waals surface area contributed by atoms with Crippen LogP contribution in [0.1, 0.15) is 53.3 Å². The van der Waals surface area contributed by atoms with Gasteiger partial charge in [0.05, 0.1) is 12.2 Å². The van der Waals surface area contributed by atoms with Crippen molar-refractivity contribution >= 4 is 68.1 Å². The molecule has 0 radical (unpaired) electrons. The van der Waals surface area contributed by atoms with E-state index in [-0.39, 0.29) is 11.0 Å². The summed E-state index contributed by atoms with van der Waals surface area (Å²) in [7, 11) is 0. The smallest absolute Gasteiger partial charge is 0.261 e. The predicted octanol–water partition coefficient (Wildman–Crippen LogP) is 7.44. The maximum Gasteiger partial charge on any atom is 0.261 e. The van der Waals surface area contributed by atoms with E-state index in [1.54, 1.807) is 60.7 Å². The first-order valence-electron chi connectivity index (χ1n) is 11.6. The Bertz CT molecular complexity index is 1240. The third kappa shape index (κ3) is 8.62. The molecule has 9 heteroatoms. The number of halogens is 2. The molecule has 36 heavy (non-hydrogen) atoms. The molecule has 0 fully saturated rings. The molecule has 3 aromatic rings. The second-order valence-corrected chi connectivity index (χ2v) is 9.76. The summed E-state index contributed by atoms with van der Waals surface area (Å²) in [6.45, 7) is 2.69. The second-order valence-electron chi connectivity index (χ2n) is 8.00. The average molecular weight is 589 g/mol. The van der Waals surface area contributed by atoms with Gasteiger partial charge in [0.2, 0.25) is 0 Å². The Balaban J connectivity index is 1.61. The van der Waals surface area contributed by atoms with Gasteiger partial charge >= 0.3 is 0 Å². The van der Waals surface area contributed by atoms with Crippen molar-refractivity contribution < 1.29 is 14.3 Å². The number of hydrogen-bond donors (Lipinski definition) is 3. The molecule has 3 aromatic carbocycles. The fraction of sp³-hybridized carbons (Fsp3) is 0.222. The van der Waals surface area contributed by atoms with Gasteiger partial charge in [-0.2, -0.15) is 0 Å². The molecule has 0 aromatic heterocycles. The van der Waals surface area contributed by atoms with Crippen LogP contribution in [0.5, 0.6) is 5.75 Å². The summed E-state index contributed by atoms with van der Waals surface area (Å²) in [4.78, 5) is 25.6. The van der Waals surface area contributed by atoms with Crippen LogP contribution in [0.4, 0.5) is 11.4 Å². The molecule has 3 rings (SSSR count). The van der Waals surface area contributed by atoms with Crippen LogP contribution in [0, 0.1) is 0 Å². The molecule has 0 unspecified atom stereocenters. The van der Waals surface area contributed by atoms with Gasteiger partial charge in [0, 0.05) is 26.4 Å². The standard InChI is InChI=1S/C27H27BrClN3O3S/c1-2-3-4-5-14-35-24-13-12-19(28)16-23(24)26(34)32-27(36)31-21-10-6-8-18(15-21)25(33)30-22-11-7-9-20(29)17-22/h6-13,15-17H,2-5,14H2,1H3,(H,30,33)(H2,31,32,34,36). The normalized spacial score (nSPS) is 10.4. The quantitative estimate of drug-likeness (QED) is 0.169. The first-order chi connectivity index (χ1) is 17.4. The first-order valence-corrected chi connectivity index (χ1v) is 13.2. The zero-order valence-electron chi connectivity index (χ0n) is 19.8. The Labute approximate surface area is 229 Å². The van der Waals surface area contributed by atoms with Crippen LogP contribution in [0.2, 0.25) is 5.02 Å². The zero-order valence-corrected chi connectivity index (χ0v) is 22.9. The molecule has 0 heterocycles. The second kappa shape index (κ2) is 14.0. The highest BCUT2D eigenvalue weighted by Crippen LogP contribution is 2.24. The number of rotatable bonds is 10. The lowest BCUT2D eigenvalue weighted by molar-refractivity contribution is 0.0972. The largest absolute Gasteiger partial charge is 0.493 e. The van der Waals surface area contributed by atoms with E-state index in [1.165, 1.54) is 0 Å². The summed E-state index contributed by atoms with van der Waals surface area (Å²) in [5, 5.41) is 9.07. The Morgan fingerprint density at radius 3 is 2.42 bits per heavy atom. The summed E-state index contributed by atoms with van der Waals surface area (Å²) >= 11 is 14.7. The van der Waals surface area contributed by atoms with Crippen molar-refractivity contribution in [2.45, 2.75) is 32.6 Å². The Morgan fingerprint density at radius 1 is 0.917 bits per heavy atom. The molecule has 0 aliphatic rings. The Hall–Kier alpha value is -2.94. The van der Waals surface area contributed by atoms with Gasteiger partial charge in [-0.05, 0) is 73.2 Å². The van der Waals surface area contributed by atoms with Gasteiger partial charge in [-0.3, -0.25) is 14.9 Å². The van der Waals surface area contributed by atoms with Gasteiger partial charge in [0.15, 0.2) is 5.11 Å². The van der Waals surface area contributed by atoms with E-state index in [9.17, 15) is 9.59 Å². The van der Waals surface area contributed by atoms with Gasteiger partial charge < -0.3 is 15.4 Å². The third-order valence-corrected chi connectivity index (χ3v) is 6.07. The maximum atomic E-state index is 12.9. The monoisotopic (exact) mass is 587 g/mol. The van der Waals surface area contributed by atoms with Crippen molar-refractivity contribution in [1.82, 2.24) is 5.32 Å². The summed E-state index contributed by atoms with van der Waals surface area (Å²) in [6.07, 6.45) is 4.30. The van der Waals surface area contributed by atoms with Crippen molar-refractivity contribution in [3.8, 4) is 5.75 Å². The van der Waals surface area contributed by atoms with Crippen molar-refractivity contribution in [1.29, 1.82) is 0 Å². The molecule has 0 saturated carbocycles. The van der Waals surface area contributed by atoms with Crippen LogP contribution in [-0.4, -0.2) is 23.5 Å². The van der Waals surface area contributed by atoms with E-state index < -0.39 is 5.91 Å². The maximum absolute atomic E-state index is 12.9. The number of hydrogen-bond acceptors (Lipinski definition) is 4. The fourth-order valence-corrected chi connectivity index (χ4v) is 4.12. The van der Waals surface area contributed by atoms with Gasteiger partial charge in [-0.15, -0.1) is 0 Å². The van der Waals surface area contributed by atoms with Gasteiger partial charge in [-0.1, -0.05) is 65.8 Å². The van der Waals surface area contributed by atoms with Crippen LogP contribution < -0.4 is 20.7 Å². The molecule has 0 aliphatic heterocycles. The van der Waals surface area contributed by atoms with E-state index in [2.05, 4.69) is 38.8 Å². The van der Waals surface area contributed by atoms with Crippen LogP contribution in [0.25, 0.3) is 0 Å². The van der Waals surface area contributed by atoms with Gasteiger partial charge in [0.1, 0.15) is 5.75 Å². The van der Waals surface area contributed by atoms with E-state index in [4.69, 9.17) is 28.6 Å². The molecule has 0 atom stereocenters. The molecule has 0 spiro atoms. The lowest BCUT2D eigenvalue weighted by Crippen LogP contribution is -2.34. The molecule has 188 valence electrons. The van der Waals surface area contributed by atoms with Crippen LogP contribution in [0.3, 0.4) is 0 Å². The minimum absolute atomic E-state index is 0.0984. The summed E-state index contributed by atoms with van der Waals surface area (Å²) in [6, 6.07) is 19.0. The lowest BCUT2D eigenvalue weighted by atomic mass is 10.1. The summed E-state index contributed by atoms with van der Waals surface area (Å²) in [5.74, 6) is -0.201. The van der Waals surface area contributed by atoms with Crippen molar-refractivity contribution in [3.63, 3.8) is 0 Å². The number of thiocarbonyl (C=S) groups is 1. The molecular weight excluding hydrogens is 562 g/mol. The topological polar surface area (TPSA) is 79.5 Å². The number of benzene rings is 3. The van der Waals surface area contributed by atoms with E-state index in [0.29, 0.717) is 39.9 Å². The molecule has 6 nitrogen and oxygen atoms in total. The number of ether oxygens (including phenoxy) is 1. The Kier molecular flexibility index (Phi) is 10.7. The summed E-state index contributed by atoms with van der Waals surface area (Å²) < 4.78 is 6.61. The highest BCUT2D eigenvalue weighted by Gasteiger charge is 2.15. The molecule has 0 bridgehead atoms. The summed E-state index contributed by atoms with van der Waals surface area (Å²) in [5.41, 5.74) is 1.94. The molecular formula is C27H27BrClN3O3S. The Morgan fingerprint density at radius 2 is 1.67 bits per heavy atom. The molecule has 2 amide bonds. The number of unbranched alkanes of at least 4 members (excludes halogenated alkanes) is 3. The van der Waals surface area contributed by atoms with Gasteiger partial charge in [0.25, 0.3) is 11.8 Å². The average Bonchev–Trinajstić information content (AvgIpc) is 2.84. The highest BCUT2D eigenvalue weighted by molar-refractivity contribution is 9.10. The molecule has 3 N–H and O–H groups in total. The minimum atomic E-state index is -0.396. The van der Waals surface area contributed by atoms with Crippen molar-refractivity contribution in [2.75, 3.05) is 17.2 Å². The zero-order chi connectivity index (χ0) is 25.9.